The fourth-order valence-corrected chi connectivity index (χ4v) is 5.47. The van der Waals surface area contributed by atoms with Crippen LogP contribution in [0.25, 0.3) is 10.9 Å². The van der Waals surface area contributed by atoms with Gasteiger partial charge in [0.1, 0.15) is 0 Å². The lowest BCUT2D eigenvalue weighted by Gasteiger charge is -2.42. The average molecular weight is 453 g/mol. The molecule has 1 aliphatic heterocycles. The molecule has 172 valence electrons. The van der Waals surface area contributed by atoms with Gasteiger partial charge >= 0.3 is 0 Å². The highest BCUT2D eigenvalue weighted by Crippen LogP contribution is 2.47. The van der Waals surface area contributed by atoms with Gasteiger partial charge in [0.2, 0.25) is 5.91 Å². The zero-order chi connectivity index (χ0) is 24.0. The summed E-state index contributed by atoms with van der Waals surface area (Å²) in [5, 5.41) is 0.905. The minimum absolute atomic E-state index is 0.0208. The molecule has 1 unspecified atom stereocenters. The first-order chi connectivity index (χ1) is 16.3. The first-order valence-electron chi connectivity index (χ1n) is 11.7. The summed E-state index contributed by atoms with van der Waals surface area (Å²) in [6.07, 6.45) is 2.77. The van der Waals surface area contributed by atoms with Crippen LogP contribution in [-0.4, -0.2) is 16.3 Å². The number of nitrogens with zero attached hydrogens (tertiary/aromatic N) is 2. The molecule has 0 fully saturated rings. The number of fused-ring (bicyclic) bond motifs is 1. The Bertz CT molecular complexity index is 1410. The number of allylic oxidation sites excluding steroid dienone is 3. The molecule has 0 radical (unpaired) electrons. The van der Waals surface area contributed by atoms with Crippen molar-refractivity contribution in [3.8, 4) is 0 Å². The van der Waals surface area contributed by atoms with Crippen LogP contribution in [0, 0.1) is 5.41 Å². The minimum atomic E-state index is -0.556. The molecule has 5 nitrogen and oxygen atoms in total. The van der Waals surface area contributed by atoms with Gasteiger partial charge in [-0.1, -0.05) is 56.3 Å². The van der Waals surface area contributed by atoms with Gasteiger partial charge in [-0.15, -0.1) is 6.58 Å². The Labute approximate surface area is 199 Å². The van der Waals surface area contributed by atoms with Gasteiger partial charge in [0.15, 0.2) is 5.78 Å². The highest BCUT2D eigenvalue weighted by Gasteiger charge is 2.45. The number of amides is 1. The first-order valence-corrected chi connectivity index (χ1v) is 11.7. The van der Waals surface area contributed by atoms with E-state index in [0.717, 1.165) is 22.3 Å². The van der Waals surface area contributed by atoms with Crippen molar-refractivity contribution in [2.45, 2.75) is 45.6 Å². The molecule has 2 aliphatic rings. The predicted octanol–water partition coefficient (Wildman–Crippen LogP) is 5.35. The molecule has 5 heteroatoms. The summed E-state index contributed by atoms with van der Waals surface area (Å²) in [5.41, 5.74) is 2.98. The van der Waals surface area contributed by atoms with E-state index in [-0.39, 0.29) is 29.1 Å². The molecular weight excluding hydrogens is 424 g/mol. The number of hydrogen-bond acceptors (Lipinski definition) is 3. The van der Waals surface area contributed by atoms with E-state index in [4.69, 9.17) is 0 Å². The van der Waals surface area contributed by atoms with Gasteiger partial charge in [0.05, 0.1) is 5.52 Å². The summed E-state index contributed by atoms with van der Waals surface area (Å²) in [4.78, 5) is 42.6. The highest BCUT2D eigenvalue weighted by atomic mass is 16.2. The second-order valence-electron chi connectivity index (χ2n) is 9.99. The molecule has 0 saturated carbocycles. The molecule has 2 heterocycles. The zero-order valence-electron chi connectivity index (χ0n) is 19.6. The largest absolute Gasteiger partial charge is 0.304 e. The topological polar surface area (TPSA) is 59.4 Å². The van der Waals surface area contributed by atoms with Crippen LogP contribution in [-0.2, 0) is 16.1 Å². The van der Waals surface area contributed by atoms with Crippen LogP contribution in [0.5, 0.6) is 0 Å². The van der Waals surface area contributed by atoms with Gasteiger partial charge in [0.25, 0.3) is 5.56 Å². The van der Waals surface area contributed by atoms with Crippen molar-refractivity contribution in [2.75, 3.05) is 4.90 Å². The number of rotatable bonds is 4. The summed E-state index contributed by atoms with van der Waals surface area (Å²) in [7, 11) is 0. The molecular formula is C29H28N2O3. The van der Waals surface area contributed by atoms with Gasteiger partial charge in [-0.25, -0.2) is 0 Å². The fourth-order valence-electron chi connectivity index (χ4n) is 5.47. The van der Waals surface area contributed by atoms with E-state index < -0.39 is 5.92 Å². The maximum Gasteiger partial charge on any atom is 0.255 e. The van der Waals surface area contributed by atoms with Gasteiger partial charge < -0.3 is 4.57 Å². The molecule has 1 atom stereocenters. The number of carbonyl (C=O) groups excluding carboxylic acids is 2. The third-order valence-corrected chi connectivity index (χ3v) is 6.88. The number of para-hydroxylation sites is 2. The van der Waals surface area contributed by atoms with E-state index in [1.807, 2.05) is 60.7 Å². The van der Waals surface area contributed by atoms with Crippen LogP contribution >= 0.6 is 0 Å². The summed E-state index contributed by atoms with van der Waals surface area (Å²) in [6, 6.07) is 19.0. The lowest BCUT2D eigenvalue weighted by molar-refractivity contribution is -0.121. The number of Topliss-reactive ketones (excluding diaryl/α,β-unsaturated/α-hetero) is 1. The Morgan fingerprint density at radius 2 is 1.71 bits per heavy atom. The minimum Gasteiger partial charge on any atom is -0.304 e. The van der Waals surface area contributed by atoms with Crippen LogP contribution < -0.4 is 10.5 Å². The lowest BCUT2D eigenvalue weighted by atomic mass is 9.69. The van der Waals surface area contributed by atoms with E-state index in [0.29, 0.717) is 30.5 Å². The number of hydrogen-bond donors (Lipinski definition) is 0. The van der Waals surface area contributed by atoms with E-state index in [2.05, 4.69) is 20.4 Å². The smallest absolute Gasteiger partial charge is 0.255 e. The van der Waals surface area contributed by atoms with Crippen LogP contribution in [0.1, 0.15) is 44.6 Å². The number of anilines is 1. The van der Waals surface area contributed by atoms with E-state index in [9.17, 15) is 14.4 Å². The van der Waals surface area contributed by atoms with Crippen LogP contribution in [0.3, 0.4) is 0 Å². The maximum atomic E-state index is 13.7. The molecule has 3 aromatic rings. The molecule has 0 N–H and O–H groups in total. The van der Waals surface area contributed by atoms with Crippen molar-refractivity contribution in [2.24, 2.45) is 5.41 Å². The van der Waals surface area contributed by atoms with Crippen molar-refractivity contribution >= 4 is 28.3 Å². The Kier molecular flexibility index (Phi) is 5.35. The molecule has 0 spiro atoms. The van der Waals surface area contributed by atoms with Crippen LogP contribution in [0.2, 0.25) is 0 Å². The summed E-state index contributed by atoms with van der Waals surface area (Å²) in [5.74, 6) is -0.630. The number of carbonyl (C=O) groups is 2. The quantitative estimate of drug-likeness (QED) is 0.501. The normalized spacial score (nSPS) is 19.9. The summed E-state index contributed by atoms with van der Waals surface area (Å²) < 4.78 is 1.68. The van der Waals surface area contributed by atoms with Gasteiger partial charge in [-0.2, -0.15) is 0 Å². The standard InChI is InChI=1S/C29H28N2O3/c1-4-14-30-23-13-9-8-10-19(23)15-22(28(30)34)21-16-26(33)31(20-11-6-5-7-12-20)24-17-29(2,3)18-25(32)27(21)24/h4-13,15,21H,1,14,16-18H2,2-3H3. The maximum absolute atomic E-state index is 13.7. The molecule has 0 saturated heterocycles. The monoisotopic (exact) mass is 452 g/mol. The average Bonchev–Trinajstić information content (AvgIpc) is 2.80. The number of pyridine rings is 1. The Morgan fingerprint density at radius 3 is 2.44 bits per heavy atom. The van der Waals surface area contributed by atoms with E-state index >= 15 is 0 Å². The molecule has 1 aliphatic carbocycles. The molecule has 2 aromatic carbocycles. The molecule has 34 heavy (non-hydrogen) atoms. The zero-order valence-corrected chi connectivity index (χ0v) is 19.6. The molecule has 1 amide bonds. The van der Waals surface area contributed by atoms with Crippen LogP contribution in [0.4, 0.5) is 5.69 Å². The van der Waals surface area contributed by atoms with Gasteiger partial charge in [-0.3, -0.25) is 19.3 Å². The third kappa shape index (κ3) is 3.61. The second kappa shape index (κ2) is 8.24. The SMILES string of the molecule is C=CCn1c(=O)c(C2CC(=O)N(c3ccccc3)C3=C2C(=O)CC(C)(C)C3)cc2ccccc21. The van der Waals surface area contributed by atoms with E-state index in [1.54, 1.807) is 15.5 Å². The number of aromatic nitrogens is 1. The Morgan fingerprint density at radius 1 is 1.00 bits per heavy atom. The van der Waals surface area contributed by atoms with Gasteiger partial charge in [0, 0.05) is 47.8 Å². The molecule has 0 bridgehead atoms. The van der Waals surface area contributed by atoms with Gasteiger partial charge in [-0.05, 0) is 41.5 Å². The van der Waals surface area contributed by atoms with E-state index in [1.165, 1.54) is 0 Å². The van der Waals surface area contributed by atoms with Crippen molar-refractivity contribution < 1.29 is 9.59 Å². The Hall–Kier alpha value is -3.73. The predicted molar refractivity (Wildman–Crippen MR) is 135 cm³/mol. The lowest BCUT2D eigenvalue weighted by Crippen LogP contribution is -2.44. The number of ketones is 1. The summed E-state index contributed by atoms with van der Waals surface area (Å²) >= 11 is 0. The van der Waals surface area contributed by atoms with Crippen molar-refractivity contribution in [3.63, 3.8) is 0 Å². The fraction of sp³-hybridized carbons (Fsp3) is 0.276. The van der Waals surface area contributed by atoms with Crippen molar-refractivity contribution in [1.29, 1.82) is 0 Å². The van der Waals surface area contributed by atoms with Crippen molar-refractivity contribution in [1.82, 2.24) is 4.57 Å². The molecule has 5 rings (SSSR count). The summed E-state index contributed by atoms with van der Waals surface area (Å²) in [6.45, 7) is 8.28. The van der Waals surface area contributed by atoms with Crippen molar-refractivity contribution in [3.05, 3.63) is 101 Å². The highest BCUT2D eigenvalue weighted by molar-refractivity contribution is 6.08. The second-order valence-corrected chi connectivity index (χ2v) is 9.99. The molecule has 1 aromatic heterocycles. The Balaban J connectivity index is 1.77. The first kappa shape index (κ1) is 22.1. The van der Waals surface area contributed by atoms with Crippen LogP contribution in [0.15, 0.2) is 89.4 Å². The third-order valence-electron chi connectivity index (χ3n) is 6.88. The number of benzene rings is 2.